The van der Waals surface area contributed by atoms with Crippen molar-refractivity contribution in [3.63, 3.8) is 0 Å². The molecule has 0 bridgehead atoms. The molecule has 0 atom stereocenters. The van der Waals surface area contributed by atoms with Crippen LogP contribution in [0.3, 0.4) is 0 Å². The highest BCUT2D eigenvalue weighted by molar-refractivity contribution is 7.85. The lowest BCUT2D eigenvalue weighted by Crippen LogP contribution is -2.46. The van der Waals surface area contributed by atoms with Crippen molar-refractivity contribution >= 4 is 10.1 Å². The summed E-state index contributed by atoms with van der Waals surface area (Å²) >= 11 is 0. The van der Waals surface area contributed by atoms with Gasteiger partial charge in [0.1, 0.15) is 0 Å². The third-order valence-electron chi connectivity index (χ3n) is 3.63. The molecule has 5 heteroatoms. The molecular weight excluding hydrogens is 214 g/mol. The Kier molecular flexibility index (Phi) is 3.05. The van der Waals surface area contributed by atoms with Gasteiger partial charge in [0.15, 0.2) is 0 Å². The van der Waals surface area contributed by atoms with Gasteiger partial charge in [0.05, 0.1) is 12.9 Å². The van der Waals surface area contributed by atoms with Crippen LogP contribution in [0.5, 0.6) is 0 Å². The van der Waals surface area contributed by atoms with E-state index in [1.54, 1.807) is 0 Å². The van der Waals surface area contributed by atoms with Gasteiger partial charge in [0.25, 0.3) is 10.1 Å². The Labute approximate surface area is 91.5 Å². The Morgan fingerprint density at radius 3 is 2.47 bits per heavy atom. The van der Waals surface area contributed by atoms with E-state index in [4.69, 9.17) is 4.18 Å². The molecule has 2 aliphatic rings. The lowest BCUT2D eigenvalue weighted by Gasteiger charge is -2.50. The molecule has 1 heterocycles. The number of piperidine rings is 1. The van der Waals surface area contributed by atoms with Crippen LogP contribution in [0, 0.1) is 11.3 Å². The predicted molar refractivity (Wildman–Crippen MR) is 58.1 cm³/mol. The summed E-state index contributed by atoms with van der Waals surface area (Å²) in [7, 11) is -3.25. The molecule has 0 aromatic carbocycles. The summed E-state index contributed by atoms with van der Waals surface area (Å²) in [6.07, 6.45) is 5.88. The summed E-state index contributed by atoms with van der Waals surface area (Å²) in [6, 6.07) is 0. The Hall–Kier alpha value is -0.130. The number of hydrogen-bond donors (Lipinski definition) is 1. The minimum absolute atomic E-state index is 0.383. The van der Waals surface area contributed by atoms with Crippen LogP contribution >= 0.6 is 0 Å². The predicted octanol–water partition coefficient (Wildman–Crippen LogP) is 0.742. The van der Waals surface area contributed by atoms with Crippen LogP contribution in [0.15, 0.2) is 0 Å². The average molecular weight is 233 g/mol. The highest BCUT2D eigenvalue weighted by Gasteiger charge is 2.44. The molecule has 15 heavy (non-hydrogen) atoms. The van der Waals surface area contributed by atoms with Crippen molar-refractivity contribution in [1.82, 2.24) is 5.32 Å². The molecule has 0 radical (unpaired) electrons. The van der Waals surface area contributed by atoms with Gasteiger partial charge < -0.3 is 5.32 Å². The zero-order valence-corrected chi connectivity index (χ0v) is 9.98. The summed E-state index contributed by atoms with van der Waals surface area (Å²) < 4.78 is 26.4. The summed E-state index contributed by atoms with van der Waals surface area (Å²) in [5, 5.41) is 3.35. The summed E-state index contributed by atoms with van der Waals surface area (Å²) in [4.78, 5) is 0. The van der Waals surface area contributed by atoms with E-state index in [9.17, 15) is 8.42 Å². The van der Waals surface area contributed by atoms with E-state index in [1.165, 1.54) is 12.8 Å². The second-order valence-corrected chi connectivity index (χ2v) is 6.66. The summed E-state index contributed by atoms with van der Waals surface area (Å²) in [5.41, 5.74) is 0.511. The quantitative estimate of drug-likeness (QED) is 0.731. The van der Waals surface area contributed by atoms with Gasteiger partial charge in [0, 0.05) is 0 Å². The van der Waals surface area contributed by atoms with Crippen LogP contribution in [0.4, 0.5) is 0 Å². The highest BCUT2D eigenvalue weighted by Crippen LogP contribution is 2.51. The maximum absolute atomic E-state index is 10.8. The molecule has 0 unspecified atom stereocenters. The molecule has 1 saturated carbocycles. The molecule has 0 amide bonds. The normalized spacial score (nSPS) is 26.5. The molecule has 2 fully saturated rings. The second-order valence-electron chi connectivity index (χ2n) is 5.01. The zero-order valence-electron chi connectivity index (χ0n) is 9.16. The maximum Gasteiger partial charge on any atom is 0.264 e. The number of rotatable bonds is 3. The molecule has 1 saturated heterocycles. The second kappa shape index (κ2) is 4.03. The molecular formula is C10H19NO3S. The van der Waals surface area contributed by atoms with Crippen molar-refractivity contribution in [2.75, 3.05) is 26.0 Å². The molecule has 1 N–H and O–H groups in total. The SMILES string of the molecule is CS(=O)(=O)OCC1CC2(CCNCC2)C1. The number of nitrogens with one attached hydrogen (secondary N) is 1. The van der Waals surface area contributed by atoms with Crippen LogP contribution in [-0.2, 0) is 14.3 Å². The third kappa shape index (κ3) is 2.92. The smallest absolute Gasteiger partial charge is 0.264 e. The fraction of sp³-hybridized carbons (Fsp3) is 1.00. The van der Waals surface area contributed by atoms with Gasteiger partial charge in [-0.05, 0) is 50.1 Å². The Morgan fingerprint density at radius 2 is 1.93 bits per heavy atom. The first-order valence-electron chi connectivity index (χ1n) is 5.54. The highest BCUT2D eigenvalue weighted by atomic mass is 32.2. The molecule has 1 aliphatic carbocycles. The average Bonchev–Trinajstić information content (AvgIpc) is 2.11. The van der Waals surface area contributed by atoms with E-state index < -0.39 is 10.1 Å². The molecule has 88 valence electrons. The van der Waals surface area contributed by atoms with Gasteiger partial charge >= 0.3 is 0 Å². The van der Waals surface area contributed by atoms with Crippen molar-refractivity contribution in [2.45, 2.75) is 25.7 Å². The van der Waals surface area contributed by atoms with E-state index in [0.29, 0.717) is 17.9 Å². The molecule has 1 spiro atoms. The first-order chi connectivity index (χ1) is 6.99. The first kappa shape index (κ1) is 11.4. The van der Waals surface area contributed by atoms with Gasteiger partial charge in [-0.1, -0.05) is 0 Å². The van der Waals surface area contributed by atoms with Crippen LogP contribution in [0.1, 0.15) is 25.7 Å². The lowest BCUT2D eigenvalue weighted by molar-refractivity contribution is -0.000679. The monoisotopic (exact) mass is 233 g/mol. The standard InChI is InChI=1S/C10H19NO3S/c1-15(12,13)14-8-9-6-10(7-9)2-4-11-5-3-10/h9,11H,2-8H2,1H3. The van der Waals surface area contributed by atoms with Gasteiger partial charge in [-0.25, -0.2) is 0 Å². The van der Waals surface area contributed by atoms with E-state index in [0.717, 1.165) is 32.2 Å². The van der Waals surface area contributed by atoms with Crippen LogP contribution in [0.25, 0.3) is 0 Å². The Bertz CT molecular complexity index is 312. The van der Waals surface area contributed by atoms with E-state index in [2.05, 4.69) is 5.32 Å². The van der Waals surface area contributed by atoms with E-state index >= 15 is 0 Å². The Balaban J connectivity index is 1.73. The summed E-state index contributed by atoms with van der Waals surface area (Å²) in [5.74, 6) is 0.456. The topological polar surface area (TPSA) is 55.4 Å². The maximum atomic E-state index is 10.8. The van der Waals surface area contributed by atoms with Gasteiger partial charge in [-0.3, -0.25) is 4.18 Å². The first-order valence-corrected chi connectivity index (χ1v) is 7.36. The van der Waals surface area contributed by atoms with Crippen molar-refractivity contribution in [3.05, 3.63) is 0 Å². The lowest BCUT2D eigenvalue weighted by atomic mass is 9.58. The minimum atomic E-state index is -3.25. The molecule has 0 aromatic rings. The van der Waals surface area contributed by atoms with Crippen molar-refractivity contribution in [3.8, 4) is 0 Å². The zero-order chi connectivity index (χ0) is 10.9. The fourth-order valence-electron chi connectivity index (χ4n) is 2.87. The third-order valence-corrected chi connectivity index (χ3v) is 4.19. The van der Waals surface area contributed by atoms with E-state index in [1.807, 2.05) is 0 Å². The van der Waals surface area contributed by atoms with Gasteiger partial charge in [-0.2, -0.15) is 8.42 Å². The van der Waals surface area contributed by atoms with E-state index in [-0.39, 0.29) is 0 Å². The molecule has 4 nitrogen and oxygen atoms in total. The van der Waals surface area contributed by atoms with Crippen LogP contribution in [-0.4, -0.2) is 34.4 Å². The van der Waals surface area contributed by atoms with Gasteiger partial charge in [0.2, 0.25) is 0 Å². The van der Waals surface area contributed by atoms with Crippen molar-refractivity contribution in [2.24, 2.45) is 11.3 Å². The Morgan fingerprint density at radius 1 is 1.33 bits per heavy atom. The van der Waals surface area contributed by atoms with Crippen molar-refractivity contribution in [1.29, 1.82) is 0 Å². The van der Waals surface area contributed by atoms with Gasteiger partial charge in [-0.15, -0.1) is 0 Å². The largest absolute Gasteiger partial charge is 0.317 e. The fourth-order valence-corrected chi connectivity index (χ4v) is 3.31. The molecule has 0 aromatic heterocycles. The molecule has 2 rings (SSSR count). The van der Waals surface area contributed by atoms with Crippen LogP contribution < -0.4 is 5.32 Å². The summed E-state index contributed by atoms with van der Waals surface area (Å²) in [6.45, 7) is 2.60. The minimum Gasteiger partial charge on any atom is -0.317 e. The molecule has 1 aliphatic heterocycles. The van der Waals surface area contributed by atoms with Crippen LogP contribution in [0.2, 0.25) is 0 Å². The van der Waals surface area contributed by atoms with Crippen molar-refractivity contribution < 1.29 is 12.6 Å². The number of hydrogen-bond acceptors (Lipinski definition) is 4.